The third-order valence-corrected chi connectivity index (χ3v) is 5.97. The first-order chi connectivity index (χ1) is 14.0. The molecule has 1 atom stereocenters. The molecule has 29 heavy (non-hydrogen) atoms. The second-order valence-corrected chi connectivity index (χ2v) is 8.48. The van der Waals surface area contributed by atoms with Crippen LogP contribution in [0.2, 0.25) is 0 Å². The molecule has 0 spiro atoms. The predicted molar refractivity (Wildman–Crippen MR) is 116 cm³/mol. The molecule has 0 aliphatic heterocycles. The second kappa shape index (κ2) is 9.45. The molecule has 5 heteroatoms. The molecule has 0 aliphatic rings. The Morgan fingerprint density at radius 2 is 1.48 bits per heavy atom. The van der Waals surface area contributed by atoms with Crippen LogP contribution in [-0.2, 0) is 10.0 Å². The first-order valence-electron chi connectivity index (χ1n) is 9.35. The molecule has 0 heterocycles. The topological polar surface area (TPSA) is 63.2 Å². The molecule has 148 valence electrons. The van der Waals surface area contributed by atoms with Crippen molar-refractivity contribution >= 4 is 21.9 Å². The Balaban J connectivity index is 1.84. The lowest BCUT2D eigenvalue weighted by Crippen LogP contribution is -2.40. The fourth-order valence-electron chi connectivity index (χ4n) is 2.89. The van der Waals surface area contributed by atoms with Crippen LogP contribution < -0.4 is 4.72 Å². The van der Waals surface area contributed by atoms with Gasteiger partial charge in [0.05, 0.1) is 10.9 Å². The minimum atomic E-state index is -3.83. The summed E-state index contributed by atoms with van der Waals surface area (Å²) in [6.45, 7) is 1.89. The number of ketones is 1. The Bertz CT molecular complexity index is 1070. The SMILES string of the molecule is Cc1ccc(S(=O)(=O)NC(C/C=C/c2ccccc2)C(=O)c2ccccc2)cc1. The molecule has 4 nitrogen and oxygen atoms in total. The first-order valence-corrected chi connectivity index (χ1v) is 10.8. The van der Waals surface area contributed by atoms with E-state index in [0.29, 0.717) is 5.56 Å². The van der Waals surface area contributed by atoms with Crippen molar-refractivity contribution in [2.45, 2.75) is 24.3 Å². The normalized spacial score (nSPS) is 12.7. The molecular weight excluding hydrogens is 382 g/mol. The zero-order chi connectivity index (χ0) is 20.7. The molecule has 1 N–H and O–H groups in total. The van der Waals surface area contributed by atoms with Gasteiger partial charge >= 0.3 is 0 Å². The van der Waals surface area contributed by atoms with Crippen LogP contribution in [0.5, 0.6) is 0 Å². The number of carbonyl (C=O) groups excluding carboxylic acids is 1. The van der Waals surface area contributed by atoms with E-state index < -0.39 is 16.1 Å². The van der Waals surface area contributed by atoms with Crippen LogP contribution in [0.1, 0.15) is 27.9 Å². The molecule has 0 aliphatic carbocycles. The lowest BCUT2D eigenvalue weighted by Gasteiger charge is -2.17. The molecule has 0 bridgehead atoms. The van der Waals surface area contributed by atoms with Gasteiger partial charge in [0.15, 0.2) is 5.78 Å². The highest BCUT2D eigenvalue weighted by atomic mass is 32.2. The molecule has 0 amide bonds. The molecule has 1 unspecified atom stereocenters. The summed E-state index contributed by atoms with van der Waals surface area (Å²) in [5.41, 5.74) is 2.42. The molecule has 0 saturated carbocycles. The number of sulfonamides is 1. The molecular formula is C24H23NO3S. The third kappa shape index (κ3) is 5.73. The standard InChI is InChI=1S/C24H23NO3S/c1-19-15-17-22(18-16-19)29(27,28)25-23(24(26)21-12-6-3-7-13-21)14-8-11-20-9-4-2-5-10-20/h2-13,15-18,23,25H,14H2,1H3/b11-8+. The Labute approximate surface area is 172 Å². The van der Waals surface area contributed by atoms with E-state index in [1.54, 1.807) is 48.5 Å². The van der Waals surface area contributed by atoms with E-state index in [0.717, 1.165) is 11.1 Å². The minimum Gasteiger partial charge on any atom is -0.292 e. The zero-order valence-corrected chi connectivity index (χ0v) is 17.0. The maximum atomic E-state index is 13.0. The number of hydrogen-bond donors (Lipinski definition) is 1. The van der Waals surface area contributed by atoms with Gasteiger partial charge in [-0.05, 0) is 31.0 Å². The van der Waals surface area contributed by atoms with E-state index in [1.165, 1.54) is 0 Å². The van der Waals surface area contributed by atoms with Crippen LogP contribution in [0, 0.1) is 6.92 Å². The van der Waals surface area contributed by atoms with Gasteiger partial charge in [0.2, 0.25) is 10.0 Å². The first kappa shape index (κ1) is 20.7. The van der Waals surface area contributed by atoms with Gasteiger partial charge in [-0.3, -0.25) is 4.79 Å². The number of carbonyl (C=O) groups is 1. The number of rotatable bonds is 8. The summed E-state index contributed by atoms with van der Waals surface area (Å²) in [5.74, 6) is -0.265. The maximum Gasteiger partial charge on any atom is 0.241 e. The van der Waals surface area contributed by atoms with Crippen LogP contribution in [0.3, 0.4) is 0 Å². The third-order valence-electron chi connectivity index (χ3n) is 4.49. The average molecular weight is 406 g/mol. The van der Waals surface area contributed by atoms with Crippen LogP contribution in [0.4, 0.5) is 0 Å². The Kier molecular flexibility index (Phi) is 6.75. The fourth-order valence-corrected chi connectivity index (χ4v) is 4.10. The van der Waals surface area contributed by atoms with Gasteiger partial charge in [0, 0.05) is 5.56 Å². The number of nitrogens with one attached hydrogen (secondary N) is 1. The largest absolute Gasteiger partial charge is 0.292 e. The van der Waals surface area contributed by atoms with Crippen LogP contribution in [0.15, 0.2) is 95.9 Å². The summed E-state index contributed by atoms with van der Waals surface area (Å²) >= 11 is 0. The van der Waals surface area contributed by atoms with Crippen molar-refractivity contribution in [3.63, 3.8) is 0 Å². The molecule has 3 aromatic rings. The minimum absolute atomic E-state index is 0.140. The highest BCUT2D eigenvalue weighted by molar-refractivity contribution is 7.89. The molecule has 0 radical (unpaired) electrons. The van der Waals surface area contributed by atoms with Crippen molar-refractivity contribution in [3.05, 3.63) is 108 Å². The van der Waals surface area contributed by atoms with Gasteiger partial charge in [-0.15, -0.1) is 0 Å². The summed E-state index contributed by atoms with van der Waals surface area (Å²) in [4.78, 5) is 13.1. The summed E-state index contributed by atoms with van der Waals surface area (Å²) in [7, 11) is -3.83. The Morgan fingerprint density at radius 3 is 2.10 bits per heavy atom. The van der Waals surface area contributed by atoms with Gasteiger partial charge in [0.25, 0.3) is 0 Å². The van der Waals surface area contributed by atoms with E-state index in [9.17, 15) is 13.2 Å². The summed E-state index contributed by atoms with van der Waals surface area (Å²) in [6.07, 6.45) is 3.94. The summed E-state index contributed by atoms with van der Waals surface area (Å²) < 4.78 is 28.3. The summed E-state index contributed by atoms with van der Waals surface area (Å²) in [5, 5.41) is 0. The Hall–Kier alpha value is -3.02. The quantitative estimate of drug-likeness (QED) is 0.556. The monoisotopic (exact) mass is 405 g/mol. The fraction of sp³-hybridized carbons (Fsp3) is 0.125. The number of benzene rings is 3. The van der Waals surface area contributed by atoms with Gasteiger partial charge in [-0.1, -0.05) is 90.5 Å². The Morgan fingerprint density at radius 1 is 0.897 bits per heavy atom. The molecule has 3 aromatic carbocycles. The zero-order valence-electron chi connectivity index (χ0n) is 16.2. The van der Waals surface area contributed by atoms with E-state index >= 15 is 0 Å². The number of hydrogen-bond acceptors (Lipinski definition) is 3. The van der Waals surface area contributed by atoms with Crippen LogP contribution >= 0.6 is 0 Å². The average Bonchev–Trinajstić information content (AvgIpc) is 2.74. The van der Waals surface area contributed by atoms with Crippen LogP contribution in [0.25, 0.3) is 6.08 Å². The molecule has 0 saturated heterocycles. The van der Waals surface area contributed by atoms with Gasteiger partial charge in [0.1, 0.15) is 0 Å². The summed E-state index contributed by atoms with van der Waals surface area (Å²) in [6, 6.07) is 24.0. The van der Waals surface area contributed by atoms with Gasteiger partial charge in [-0.2, -0.15) is 4.72 Å². The lowest BCUT2D eigenvalue weighted by molar-refractivity contribution is 0.0954. The number of Topliss-reactive ketones (excluding diaryl/α,β-unsaturated/α-hetero) is 1. The van der Waals surface area contributed by atoms with E-state index in [2.05, 4.69) is 4.72 Å². The predicted octanol–water partition coefficient (Wildman–Crippen LogP) is 4.63. The maximum absolute atomic E-state index is 13.0. The highest BCUT2D eigenvalue weighted by Crippen LogP contribution is 2.15. The molecule has 0 fully saturated rings. The van der Waals surface area contributed by atoms with Crippen molar-refractivity contribution in [1.82, 2.24) is 4.72 Å². The van der Waals surface area contributed by atoms with E-state index in [-0.39, 0.29) is 17.1 Å². The van der Waals surface area contributed by atoms with Crippen molar-refractivity contribution in [2.75, 3.05) is 0 Å². The molecule has 3 rings (SSSR count). The van der Waals surface area contributed by atoms with E-state index in [4.69, 9.17) is 0 Å². The van der Waals surface area contributed by atoms with Crippen molar-refractivity contribution in [1.29, 1.82) is 0 Å². The number of aryl methyl sites for hydroxylation is 1. The van der Waals surface area contributed by atoms with Crippen LogP contribution in [-0.4, -0.2) is 20.2 Å². The van der Waals surface area contributed by atoms with Crippen molar-refractivity contribution < 1.29 is 13.2 Å². The van der Waals surface area contributed by atoms with Crippen molar-refractivity contribution in [3.8, 4) is 0 Å². The van der Waals surface area contributed by atoms with Gasteiger partial charge < -0.3 is 0 Å². The van der Waals surface area contributed by atoms with Gasteiger partial charge in [-0.25, -0.2) is 8.42 Å². The van der Waals surface area contributed by atoms with E-state index in [1.807, 2.05) is 55.5 Å². The van der Waals surface area contributed by atoms with Crippen molar-refractivity contribution in [2.24, 2.45) is 0 Å². The highest BCUT2D eigenvalue weighted by Gasteiger charge is 2.25. The second-order valence-electron chi connectivity index (χ2n) is 6.77. The molecule has 0 aromatic heterocycles. The smallest absolute Gasteiger partial charge is 0.241 e. The lowest BCUT2D eigenvalue weighted by atomic mass is 10.0.